The highest BCUT2D eigenvalue weighted by Crippen LogP contribution is 2.27. The third-order valence-electron chi connectivity index (χ3n) is 4.96. The summed E-state index contributed by atoms with van der Waals surface area (Å²) < 4.78 is 5.02. The summed E-state index contributed by atoms with van der Waals surface area (Å²) in [5.41, 5.74) is 7.72. The molecular weight excluding hydrogens is 386 g/mol. The molecular formula is C22H23N3O5. The Morgan fingerprint density at radius 3 is 2.47 bits per heavy atom. The number of hydrazine groups is 1. The number of rotatable bonds is 5. The Labute approximate surface area is 174 Å². The fourth-order valence-electron chi connectivity index (χ4n) is 3.09. The Morgan fingerprint density at radius 1 is 1.03 bits per heavy atom. The lowest BCUT2D eigenvalue weighted by Crippen LogP contribution is -2.43. The van der Waals surface area contributed by atoms with Crippen LogP contribution < -0.4 is 15.8 Å². The molecule has 2 aromatic carbocycles. The smallest absolute Gasteiger partial charge is 0.311 e. The van der Waals surface area contributed by atoms with E-state index in [0.29, 0.717) is 5.56 Å². The number of amides is 3. The van der Waals surface area contributed by atoms with Crippen LogP contribution in [0.4, 0.5) is 5.69 Å². The van der Waals surface area contributed by atoms with Gasteiger partial charge in [-0.1, -0.05) is 24.3 Å². The van der Waals surface area contributed by atoms with E-state index in [1.165, 1.54) is 0 Å². The summed E-state index contributed by atoms with van der Waals surface area (Å²) in [6, 6.07) is 14.0. The monoisotopic (exact) mass is 409 g/mol. The topological polar surface area (TPSA) is 105 Å². The van der Waals surface area contributed by atoms with Crippen LogP contribution in [0.25, 0.3) is 0 Å². The first-order valence-corrected chi connectivity index (χ1v) is 9.53. The molecule has 1 atom stereocenters. The van der Waals surface area contributed by atoms with Gasteiger partial charge in [0.1, 0.15) is 0 Å². The zero-order chi connectivity index (χ0) is 21.7. The number of anilines is 1. The van der Waals surface area contributed by atoms with E-state index in [1.807, 2.05) is 32.0 Å². The van der Waals surface area contributed by atoms with Crippen molar-refractivity contribution in [2.75, 3.05) is 18.1 Å². The molecule has 1 fully saturated rings. The number of hydrogen-bond acceptors (Lipinski definition) is 5. The molecule has 0 aromatic heterocycles. The van der Waals surface area contributed by atoms with E-state index in [9.17, 15) is 19.2 Å². The number of aryl methyl sites for hydroxylation is 2. The minimum atomic E-state index is -0.678. The number of nitrogens with one attached hydrogen (secondary N) is 2. The van der Waals surface area contributed by atoms with Crippen LogP contribution in [0.1, 0.15) is 27.9 Å². The molecule has 2 N–H and O–H groups in total. The molecule has 0 saturated carbocycles. The van der Waals surface area contributed by atoms with Gasteiger partial charge in [-0.25, -0.2) is 0 Å². The van der Waals surface area contributed by atoms with Crippen LogP contribution in [0.5, 0.6) is 0 Å². The number of ether oxygens (including phenoxy) is 1. The summed E-state index contributed by atoms with van der Waals surface area (Å²) in [6.45, 7) is 3.59. The first-order chi connectivity index (χ1) is 14.3. The molecule has 8 nitrogen and oxygen atoms in total. The van der Waals surface area contributed by atoms with Gasteiger partial charge in [0.25, 0.3) is 11.8 Å². The summed E-state index contributed by atoms with van der Waals surface area (Å²) in [7, 11) is 0. The minimum absolute atomic E-state index is 0.0259. The van der Waals surface area contributed by atoms with Crippen molar-refractivity contribution in [3.63, 3.8) is 0 Å². The fourth-order valence-corrected chi connectivity index (χ4v) is 3.09. The van der Waals surface area contributed by atoms with Gasteiger partial charge in [-0.2, -0.15) is 0 Å². The SMILES string of the molecule is Cc1ccc(N2C[C@@H](C(=O)OCC(=O)NNC(=O)c3ccccc3)CC2=O)cc1C. The highest BCUT2D eigenvalue weighted by molar-refractivity contribution is 6.00. The molecule has 1 heterocycles. The first kappa shape index (κ1) is 21.0. The van der Waals surface area contributed by atoms with Gasteiger partial charge in [0, 0.05) is 24.2 Å². The van der Waals surface area contributed by atoms with Gasteiger partial charge < -0.3 is 9.64 Å². The third-order valence-corrected chi connectivity index (χ3v) is 4.96. The lowest BCUT2D eigenvalue weighted by atomic mass is 10.1. The van der Waals surface area contributed by atoms with Crippen LogP contribution in [0.3, 0.4) is 0 Å². The maximum Gasteiger partial charge on any atom is 0.311 e. The van der Waals surface area contributed by atoms with Crippen LogP contribution in [0.15, 0.2) is 48.5 Å². The molecule has 0 bridgehead atoms. The first-order valence-electron chi connectivity index (χ1n) is 9.53. The van der Waals surface area contributed by atoms with Crippen LogP contribution >= 0.6 is 0 Å². The van der Waals surface area contributed by atoms with Gasteiger partial charge in [-0.05, 0) is 49.2 Å². The van der Waals surface area contributed by atoms with Crippen molar-refractivity contribution < 1.29 is 23.9 Å². The van der Waals surface area contributed by atoms with Crippen molar-refractivity contribution in [2.45, 2.75) is 20.3 Å². The second kappa shape index (κ2) is 9.21. The largest absolute Gasteiger partial charge is 0.455 e. The number of carbonyl (C=O) groups excluding carboxylic acids is 4. The number of carbonyl (C=O) groups is 4. The summed E-state index contributed by atoms with van der Waals surface area (Å²) >= 11 is 0. The summed E-state index contributed by atoms with van der Waals surface area (Å²) in [5, 5.41) is 0. The number of benzene rings is 2. The molecule has 1 aliphatic rings. The van der Waals surface area contributed by atoms with Gasteiger partial charge in [0.05, 0.1) is 5.92 Å². The van der Waals surface area contributed by atoms with Crippen molar-refractivity contribution in [2.24, 2.45) is 5.92 Å². The molecule has 8 heteroatoms. The Bertz CT molecular complexity index is 974. The van der Waals surface area contributed by atoms with Gasteiger partial charge in [-0.3, -0.25) is 30.0 Å². The summed E-state index contributed by atoms with van der Waals surface area (Å²) in [5.74, 6) is -2.60. The molecule has 0 spiro atoms. The van der Waals surface area contributed by atoms with Crippen LogP contribution in [-0.2, 0) is 19.1 Å². The normalized spacial score (nSPS) is 15.6. The van der Waals surface area contributed by atoms with Crippen molar-refractivity contribution in [1.82, 2.24) is 10.9 Å². The number of esters is 1. The Kier molecular flexibility index (Phi) is 6.46. The molecule has 0 radical (unpaired) electrons. The summed E-state index contributed by atoms with van der Waals surface area (Å²) in [4.78, 5) is 49.9. The zero-order valence-corrected chi connectivity index (χ0v) is 16.8. The number of nitrogens with zero attached hydrogens (tertiary/aromatic N) is 1. The van der Waals surface area contributed by atoms with Gasteiger partial charge in [0.2, 0.25) is 5.91 Å². The zero-order valence-electron chi connectivity index (χ0n) is 16.8. The third kappa shape index (κ3) is 5.02. The van der Waals surface area contributed by atoms with E-state index < -0.39 is 30.3 Å². The quantitative estimate of drug-likeness (QED) is 0.577. The van der Waals surface area contributed by atoms with E-state index >= 15 is 0 Å². The Morgan fingerprint density at radius 2 is 1.77 bits per heavy atom. The molecule has 1 saturated heterocycles. The maximum absolute atomic E-state index is 12.3. The van der Waals surface area contributed by atoms with E-state index in [-0.39, 0.29) is 18.9 Å². The van der Waals surface area contributed by atoms with Crippen LogP contribution in [0.2, 0.25) is 0 Å². The van der Waals surface area contributed by atoms with Crippen molar-refractivity contribution in [1.29, 1.82) is 0 Å². The van der Waals surface area contributed by atoms with E-state index in [1.54, 1.807) is 35.2 Å². The fraction of sp³-hybridized carbons (Fsp3) is 0.273. The second-order valence-electron chi connectivity index (χ2n) is 7.15. The molecule has 2 aromatic rings. The van der Waals surface area contributed by atoms with Gasteiger partial charge in [0.15, 0.2) is 6.61 Å². The predicted octanol–water partition coefficient (Wildman–Crippen LogP) is 1.66. The average molecular weight is 409 g/mol. The van der Waals surface area contributed by atoms with Crippen molar-refractivity contribution in [3.8, 4) is 0 Å². The molecule has 3 rings (SSSR count). The van der Waals surface area contributed by atoms with Crippen LogP contribution in [-0.4, -0.2) is 36.8 Å². The number of hydrogen-bond donors (Lipinski definition) is 2. The standard InChI is InChI=1S/C22H23N3O5/c1-14-8-9-18(10-15(14)2)25-12-17(11-20(25)27)22(29)30-13-19(26)23-24-21(28)16-6-4-3-5-7-16/h3-10,17H,11-13H2,1-2H3,(H,23,26)(H,24,28)/t17-/m0/s1. The molecule has 30 heavy (non-hydrogen) atoms. The lowest BCUT2D eigenvalue weighted by Gasteiger charge is -2.17. The molecule has 3 amide bonds. The molecule has 1 aliphatic heterocycles. The highest BCUT2D eigenvalue weighted by Gasteiger charge is 2.36. The van der Waals surface area contributed by atoms with E-state index in [2.05, 4.69) is 10.9 Å². The highest BCUT2D eigenvalue weighted by atomic mass is 16.5. The predicted molar refractivity (Wildman–Crippen MR) is 109 cm³/mol. The van der Waals surface area contributed by atoms with Gasteiger partial charge >= 0.3 is 5.97 Å². The van der Waals surface area contributed by atoms with Crippen molar-refractivity contribution >= 4 is 29.4 Å². The van der Waals surface area contributed by atoms with E-state index in [4.69, 9.17) is 4.74 Å². The Hall–Kier alpha value is -3.68. The van der Waals surface area contributed by atoms with E-state index in [0.717, 1.165) is 16.8 Å². The minimum Gasteiger partial charge on any atom is -0.455 e. The lowest BCUT2D eigenvalue weighted by molar-refractivity contribution is -0.152. The second-order valence-corrected chi connectivity index (χ2v) is 7.15. The van der Waals surface area contributed by atoms with Crippen LogP contribution in [0, 0.1) is 19.8 Å². The maximum atomic E-state index is 12.3. The van der Waals surface area contributed by atoms with Crippen molar-refractivity contribution in [3.05, 3.63) is 65.2 Å². The van der Waals surface area contributed by atoms with Gasteiger partial charge in [-0.15, -0.1) is 0 Å². The molecule has 0 unspecified atom stereocenters. The average Bonchev–Trinajstić information content (AvgIpc) is 3.14. The Balaban J connectivity index is 1.46. The molecule has 0 aliphatic carbocycles. The summed E-state index contributed by atoms with van der Waals surface area (Å²) in [6.07, 6.45) is 0.0259. The molecule has 156 valence electrons.